The molecule has 0 spiro atoms. The molecule has 0 aliphatic heterocycles. The number of rotatable bonds is 8. The van der Waals surface area contributed by atoms with Gasteiger partial charge in [-0.2, -0.15) is 0 Å². The van der Waals surface area contributed by atoms with E-state index in [0.717, 1.165) is 49.4 Å². The highest BCUT2D eigenvalue weighted by Gasteiger charge is 2.12. The zero-order valence-electron chi connectivity index (χ0n) is 22.4. The molecule has 0 fully saturated rings. The number of nitrogens with one attached hydrogen (secondary N) is 2. The highest BCUT2D eigenvalue weighted by atomic mass is 32.1. The zero-order chi connectivity index (χ0) is 27.5. The quantitative estimate of drug-likeness (QED) is 0.202. The van der Waals surface area contributed by atoms with Crippen LogP contribution in [0.1, 0.15) is 16.7 Å². The van der Waals surface area contributed by atoms with Crippen molar-refractivity contribution < 1.29 is 9.53 Å². The maximum Gasteiger partial charge on any atom is 0.262 e. The maximum atomic E-state index is 12.6. The number of aryl methyl sites for hydroxylation is 2. The number of anilines is 2. The molecule has 6 aromatic rings. The second-order valence-electron chi connectivity index (χ2n) is 9.89. The van der Waals surface area contributed by atoms with Gasteiger partial charge in [-0.05, 0) is 84.8 Å². The van der Waals surface area contributed by atoms with Crippen LogP contribution < -0.4 is 15.4 Å². The van der Waals surface area contributed by atoms with E-state index in [4.69, 9.17) is 9.72 Å². The fourth-order valence-electron chi connectivity index (χ4n) is 4.69. The van der Waals surface area contributed by atoms with Gasteiger partial charge in [-0.15, -0.1) is 11.3 Å². The number of ether oxygens (including phenoxy) is 1. The Kier molecular flexibility index (Phi) is 7.17. The number of hydrogen-bond acceptors (Lipinski definition) is 5. The number of fused-ring (bicyclic) bond motifs is 2. The van der Waals surface area contributed by atoms with E-state index >= 15 is 0 Å². The van der Waals surface area contributed by atoms with Crippen LogP contribution in [-0.4, -0.2) is 17.5 Å². The maximum absolute atomic E-state index is 12.6. The van der Waals surface area contributed by atoms with Gasteiger partial charge in [-0.1, -0.05) is 54.1 Å². The van der Waals surface area contributed by atoms with Gasteiger partial charge in [0.05, 0.1) is 10.2 Å². The van der Waals surface area contributed by atoms with Crippen LogP contribution in [0.3, 0.4) is 0 Å². The van der Waals surface area contributed by atoms with Gasteiger partial charge in [0.1, 0.15) is 10.8 Å². The van der Waals surface area contributed by atoms with Gasteiger partial charge in [-0.25, -0.2) is 4.98 Å². The van der Waals surface area contributed by atoms with E-state index in [2.05, 4.69) is 72.2 Å². The second kappa shape index (κ2) is 11.2. The Morgan fingerprint density at radius 1 is 0.825 bits per heavy atom. The molecule has 0 unspecified atom stereocenters. The first-order valence-corrected chi connectivity index (χ1v) is 14.0. The van der Waals surface area contributed by atoms with Crippen LogP contribution in [0, 0.1) is 13.8 Å². The topological polar surface area (TPSA) is 63.2 Å². The molecule has 6 heteroatoms. The smallest absolute Gasteiger partial charge is 0.262 e. The van der Waals surface area contributed by atoms with Crippen molar-refractivity contribution in [1.29, 1.82) is 0 Å². The Morgan fingerprint density at radius 2 is 1.57 bits per heavy atom. The summed E-state index contributed by atoms with van der Waals surface area (Å²) >= 11 is 1.71. The van der Waals surface area contributed by atoms with Crippen LogP contribution in [0.5, 0.6) is 5.75 Å². The molecule has 0 bridgehead atoms. The minimum Gasteiger partial charge on any atom is -0.483 e. The highest BCUT2D eigenvalue weighted by molar-refractivity contribution is 7.21. The number of nitrogens with zero attached hydrogens (tertiary/aromatic N) is 1. The zero-order valence-corrected chi connectivity index (χ0v) is 23.2. The SMILES string of the molecule is Cc1ccc(NC(=O)COc2ccc3ccccc3c2CNc2ccc(-c3nc4ccc(C)cc4s3)cc2)cc1. The summed E-state index contributed by atoms with van der Waals surface area (Å²) in [4.78, 5) is 17.4. The average Bonchev–Trinajstić information content (AvgIpc) is 3.40. The molecule has 1 aromatic heterocycles. The molecule has 1 amide bonds. The molecule has 0 saturated carbocycles. The third kappa shape index (κ3) is 5.67. The molecular weight excluding hydrogens is 514 g/mol. The van der Waals surface area contributed by atoms with Crippen molar-refractivity contribution >= 4 is 49.6 Å². The lowest BCUT2D eigenvalue weighted by atomic mass is 10.0. The lowest BCUT2D eigenvalue weighted by Gasteiger charge is -2.16. The Bertz CT molecular complexity index is 1810. The number of carbonyl (C=O) groups is 1. The Balaban J connectivity index is 1.17. The molecular formula is C34H29N3O2S. The molecule has 0 atom stereocenters. The van der Waals surface area contributed by atoms with Gasteiger partial charge >= 0.3 is 0 Å². The summed E-state index contributed by atoms with van der Waals surface area (Å²) in [5.41, 5.74) is 7.27. The predicted molar refractivity (Wildman–Crippen MR) is 166 cm³/mol. The van der Waals surface area contributed by atoms with Crippen LogP contribution in [0.15, 0.2) is 103 Å². The van der Waals surface area contributed by atoms with Gasteiger partial charge in [0.15, 0.2) is 6.61 Å². The van der Waals surface area contributed by atoms with Crippen molar-refractivity contribution in [3.8, 4) is 16.3 Å². The molecule has 2 N–H and O–H groups in total. The third-order valence-electron chi connectivity index (χ3n) is 6.84. The number of carbonyl (C=O) groups excluding carboxylic acids is 1. The summed E-state index contributed by atoms with van der Waals surface area (Å²) < 4.78 is 7.25. The first kappa shape index (κ1) is 25.6. The fourth-order valence-corrected chi connectivity index (χ4v) is 5.76. The van der Waals surface area contributed by atoms with Crippen molar-refractivity contribution in [2.75, 3.05) is 17.2 Å². The number of benzene rings is 5. The van der Waals surface area contributed by atoms with Crippen molar-refractivity contribution in [1.82, 2.24) is 4.98 Å². The van der Waals surface area contributed by atoms with E-state index in [9.17, 15) is 4.79 Å². The summed E-state index contributed by atoms with van der Waals surface area (Å²) in [6.45, 7) is 4.60. The number of hydrogen-bond donors (Lipinski definition) is 2. The van der Waals surface area contributed by atoms with Crippen LogP contribution in [0.2, 0.25) is 0 Å². The Morgan fingerprint density at radius 3 is 2.40 bits per heavy atom. The summed E-state index contributed by atoms with van der Waals surface area (Å²) in [5.74, 6) is 0.489. The Labute approximate surface area is 237 Å². The molecule has 1 heterocycles. The molecule has 0 aliphatic rings. The number of amides is 1. The van der Waals surface area contributed by atoms with Gasteiger partial charge < -0.3 is 15.4 Å². The molecule has 0 saturated heterocycles. The standard InChI is InChI=1S/C34H29N3O2S/c1-22-7-13-27(14-8-22)36-33(38)21-39-31-18-12-24-5-3-4-6-28(24)29(31)20-35-26-15-10-25(11-16-26)34-37-30-17-9-23(2)19-32(30)40-34/h3-19,35H,20-21H2,1-2H3,(H,36,38). The monoisotopic (exact) mass is 543 g/mol. The summed E-state index contributed by atoms with van der Waals surface area (Å²) in [6, 6.07) is 34.6. The molecule has 40 heavy (non-hydrogen) atoms. The van der Waals surface area contributed by atoms with Crippen molar-refractivity contribution in [2.24, 2.45) is 0 Å². The van der Waals surface area contributed by atoms with E-state index in [1.807, 2.05) is 55.5 Å². The summed E-state index contributed by atoms with van der Waals surface area (Å²) in [6.07, 6.45) is 0. The largest absolute Gasteiger partial charge is 0.483 e. The van der Waals surface area contributed by atoms with Crippen molar-refractivity contribution in [3.05, 3.63) is 120 Å². The average molecular weight is 544 g/mol. The molecule has 0 aliphatic carbocycles. The first-order valence-electron chi connectivity index (χ1n) is 13.2. The van der Waals surface area contributed by atoms with Crippen LogP contribution in [0.4, 0.5) is 11.4 Å². The minimum absolute atomic E-state index is 0.0738. The predicted octanol–water partition coefficient (Wildman–Crippen LogP) is 8.36. The van der Waals surface area contributed by atoms with E-state index in [0.29, 0.717) is 12.3 Å². The summed E-state index contributed by atoms with van der Waals surface area (Å²) in [7, 11) is 0. The van der Waals surface area contributed by atoms with Crippen molar-refractivity contribution in [2.45, 2.75) is 20.4 Å². The van der Waals surface area contributed by atoms with Gasteiger partial charge in [0, 0.05) is 29.0 Å². The number of aromatic nitrogens is 1. The first-order chi connectivity index (χ1) is 19.5. The highest BCUT2D eigenvalue weighted by Crippen LogP contribution is 2.32. The van der Waals surface area contributed by atoms with Crippen molar-refractivity contribution in [3.63, 3.8) is 0 Å². The van der Waals surface area contributed by atoms with Gasteiger partial charge in [0.2, 0.25) is 0 Å². The normalized spacial score (nSPS) is 11.1. The van der Waals surface area contributed by atoms with Crippen LogP contribution >= 0.6 is 11.3 Å². The second-order valence-corrected chi connectivity index (χ2v) is 10.9. The van der Waals surface area contributed by atoms with E-state index in [1.54, 1.807) is 11.3 Å². The van der Waals surface area contributed by atoms with Gasteiger partial charge in [0.25, 0.3) is 5.91 Å². The van der Waals surface area contributed by atoms with E-state index in [-0.39, 0.29) is 12.5 Å². The molecule has 5 nitrogen and oxygen atoms in total. The van der Waals surface area contributed by atoms with Gasteiger partial charge in [-0.3, -0.25) is 4.79 Å². The molecule has 198 valence electrons. The lowest BCUT2D eigenvalue weighted by Crippen LogP contribution is -2.20. The third-order valence-corrected chi connectivity index (χ3v) is 7.90. The van der Waals surface area contributed by atoms with Crippen LogP contribution in [0.25, 0.3) is 31.6 Å². The van der Waals surface area contributed by atoms with E-state index in [1.165, 1.54) is 10.3 Å². The molecule has 5 aromatic carbocycles. The fraction of sp³-hybridized carbons (Fsp3) is 0.118. The lowest BCUT2D eigenvalue weighted by molar-refractivity contribution is -0.118. The molecule has 6 rings (SSSR count). The number of thiazole rings is 1. The van der Waals surface area contributed by atoms with Crippen LogP contribution in [-0.2, 0) is 11.3 Å². The Hall–Kier alpha value is -4.68. The minimum atomic E-state index is -0.198. The molecule has 0 radical (unpaired) electrons. The summed E-state index contributed by atoms with van der Waals surface area (Å²) in [5, 5.41) is 9.67. The van der Waals surface area contributed by atoms with E-state index < -0.39 is 0 Å².